The maximum absolute atomic E-state index is 13.9. The molecule has 0 bridgehead atoms. The van der Waals surface area contributed by atoms with Gasteiger partial charge in [-0.25, -0.2) is 12.8 Å². The highest BCUT2D eigenvalue weighted by Crippen LogP contribution is 2.35. The van der Waals surface area contributed by atoms with E-state index in [0.29, 0.717) is 12.1 Å². The molecule has 0 aliphatic heterocycles. The topological polar surface area (TPSA) is 86.5 Å². The summed E-state index contributed by atoms with van der Waals surface area (Å²) in [6, 6.07) is 1.32. The average molecular weight is 338 g/mol. The van der Waals surface area contributed by atoms with Crippen LogP contribution in [0.1, 0.15) is 25.7 Å². The number of hydrogen-bond acceptors (Lipinski definition) is 5. The summed E-state index contributed by atoms with van der Waals surface area (Å²) < 4.78 is 42.1. The molecule has 1 aliphatic carbocycles. The highest BCUT2D eigenvalue weighted by atomic mass is 35.7. The zero-order chi connectivity index (χ0) is 15.6. The van der Waals surface area contributed by atoms with Crippen LogP contribution < -0.4 is 4.74 Å². The Kier molecular flexibility index (Phi) is 4.67. The first-order valence-electron chi connectivity index (χ1n) is 6.34. The van der Waals surface area contributed by atoms with Crippen LogP contribution in [0.25, 0.3) is 0 Å². The van der Waals surface area contributed by atoms with Crippen molar-refractivity contribution >= 4 is 25.4 Å². The Morgan fingerprint density at radius 2 is 2.00 bits per heavy atom. The lowest BCUT2D eigenvalue weighted by atomic mass is 10.1. The minimum Gasteiger partial charge on any atom is -0.489 e. The zero-order valence-corrected chi connectivity index (χ0v) is 12.5. The van der Waals surface area contributed by atoms with E-state index in [0.717, 1.165) is 25.7 Å². The van der Waals surface area contributed by atoms with E-state index >= 15 is 0 Å². The van der Waals surface area contributed by atoms with Crippen LogP contribution in [0, 0.1) is 21.8 Å². The quantitative estimate of drug-likeness (QED) is 0.467. The largest absolute Gasteiger partial charge is 0.489 e. The molecule has 0 radical (unpaired) electrons. The van der Waals surface area contributed by atoms with Crippen molar-refractivity contribution in [2.24, 2.45) is 5.92 Å². The lowest BCUT2D eigenvalue weighted by Crippen LogP contribution is -2.11. The van der Waals surface area contributed by atoms with Crippen LogP contribution in [-0.2, 0) is 9.05 Å². The molecular weight excluding hydrogens is 325 g/mol. The fourth-order valence-electron chi connectivity index (χ4n) is 2.36. The fourth-order valence-corrected chi connectivity index (χ4v) is 3.34. The Bertz CT molecular complexity index is 658. The molecule has 9 heteroatoms. The number of ether oxygens (including phenoxy) is 1. The molecule has 0 amide bonds. The number of rotatable bonds is 5. The molecule has 1 aliphatic rings. The molecule has 1 aromatic carbocycles. The number of nitrogens with zero attached hydrogens (tertiary/aromatic N) is 1. The molecule has 1 fully saturated rings. The second-order valence-corrected chi connectivity index (χ2v) is 7.45. The zero-order valence-electron chi connectivity index (χ0n) is 10.9. The van der Waals surface area contributed by atoms with Crippen LogP contribution in [0.5, 0.6) is 5.75 Å². The van der Waals surface area contributed by atoms with Gasteiger partial charge < -0.3 is 4.74 Å². The first-order chi connectivity index (χ1) is 9.79. The SMILES string of the molecule is O=[N+]([O-])c1cc(F)c(OCC2CCCC2)c(S(=O)(=O)Cl)c1. The van der Waals surface area contributed by atoms with E-state index in [9.17, 15) is 22.9 Å². The van der Waals surface area contributed by atoms with E-state index in [-0.39, 0.29) is 12.5 Å². The molecular formula is C12H13ClFNO5S. The van der Waals surface area contributed by atoms with E-state index in [1.54, 1.807) is 0 Å². The predicted octanol–water partition coefficient (Wildman–Crippen LogP) is 3.23. The van der Waals surface area contributed by atoms with Gasteiger partial charge in [-0.05, 0) is 18.8 Å². The van der Waals surface area contributed by atoms with Gasteiger partial charge in [0.1, 0.15) is 4.90 Å². The Hall–Kier alpha value is -1.41. The molecule has 6 nitrogen and oxygen atoms in total. The van der Waals surface area contributed by atoms with Crippen LogP contribution in [0.3, 0.4) is 0 Å². The van der Waals surface area contributed by atoms with Crippen molar-refractivity contribution in [1.82, 2.24) is 0 Å². The van der Waals surface area contributed by atoms with E-state index in [4.69, 9.17) is 15.4 Å². The minimum atomic E-state index is -4.35. The molecule has 0 aromatic heterocycles. The van der Waals surface area contributed by atoms with Gasteiger partial charge in [-0.3, -0.25) is 10.1 Å². The van der Waals surface area contributed by atoms with Crippen molar-refractivity contribution in [3.05, 3.63) is 28.1 Å². The summed E-state index contributed by atoms with van der Waals surface area (Å²) >= 11 is 0. The maximum Gasteiger partial charge on any atom is 0.273 e. The summed E-state index contributed by atoms with van der Waals surface area (Å²) in [5.74, 6) is -1.44. The van der Waals surface area contributed by atoms with Crippen LogP contribution in [0.2, 0.25) is 0 Å². The third kappa shape index (κ3) is 3.82. The molecule has 0 unspecified atom stereocenters. The molecule has 1 saturated carbocycles. The van der Waals surface area contributed by atoms with Gasteiger partial charge in [-0.2, -0.15) is 0 Å². The number of halogens is 2. The lowest BCUT2D eigenvalue weighted by Gasteiger charge is -2.14. The Morgan fingerprint density at radius 1 is 1.38 bits per heavy atom. The third-order valence-corrected chi connectivity index (χ3v) is 4.73. The van der Waals surface area contributed by atoms with Crippen LogP contribution in [0.15, 0.2) is 17.0 Å². The van der Waals surface area contributed by atoms with E-state index in [1.165, 1.54) is 0 Å². The van der Waals surface area contributed by atoms with Crippen LogP contribution in [0.4, 0.5) is 10.1 Å². The number of hydrogen-bond donors (Lipinski definition) is 0. The molecule has 2 rings (SSSR count). The molecule has 116 valence electrons. The van der Waals surface area contributed by atoms with E-state index < -0.39 is 36.1 Å². The summed E-state index contributed by atoms with van der Waals surface area (Å²) in [4.78, 5) is 9.06. The molecule has 21 heavy (non-hydrogen) atoms. The predicted molar refractivity (Wildman–Crippen MR) is 73.5 cm³/mol. The van der Waals surface area contributed by atoms with Crippen molar-refractivity contribution in [3.63, 3.8) is 0 Å². The standard InChI is InChI=1S/C12H13ClFNO5S/c13-21(18,19)11-6-9(15(16)17)5-10(14)12(11)20-7-8-3-1-2-4-8/h5-6,8H,1-4,7H2. The van der Waals surface area contributed by atoms with Crippen LogP contribution >= 0.6 is 10.7 Å². The summed E-state index contributed by atoms with van der Waals surface area (Å²) in [6.07, 6.45) is 3.96. The second kappa shape index (κ2) is 6.15. The van der Waals surface area contributed by atoms with E-state index in [2.05, 4.69) is 0 Å². The monoisotopic (exact) mass is 337 g/mol. The van der Waals surface area contributed by atoms with Gasteiger partial charge in [0.15, 0.2) is 11.6 Å². The van der Waals surface area contributed by atoms with Crippen molar-refractivity contribution in [2.75, 3.05) is 6.61 Å². The second-order valence-electron chi connectivity index (χ2n) is 4.91. The first-order valence-corrected chi connectivity index (χ1v) is 8.65. The molecule has 0 saturated heterocycles. The van der Waals surface area contributed by atoms with Crippen molar-refractivity contribution in [2.45, 2.75) is 30.6 Å². The van der Waals surface area contributed by atoms with Gasteiger partial charge in [0.2, 0.25) is 0 Å². The molecule has 0 atom stereocenters. The highest BCUT2D eigenvalue weighted by molar-refractivity contribution is 8.13. The molecule has 0 N–H and O–H groups in total. The molecule has 1 aromatic rings. The van der Waals surface area contributed by atoms with Crippen molar-refractivity contribution < 1.29 is 22.5 Å². The van der Waals surface area contributed by atoms with Gasteiger partial charge in [-0.1, -0.05) is 12.8 Å². The molecule has 0 spiro atoms. The van der Waals surface area contributed by atoms with Gasteiger partial charge in [0.05, 0.1) is 17.6 Å². The normalized spacial score (nSPS) is 16.1. The fraction of sp³-hybridized carbons (Fsp3) is 0.500. The maximum atomic E-state index is 13.9. The highest BCUT2D eigenvalue weighted by Gasteiger charge is 2.27. The van der Waals surface area contributed by atoms with E-state index in [1.807, 2.05) is 0 Å². The average Bonchev–Trinajstić information content (AvgIpc) is 2.88. The lowest BCUT2D eigenvalue weighted by molar-refractivity contribution is -0.385. The van der Waals surface area contributed by atoms with Crippen molar-refractivity contribution in [1.29, 1.82) is 0 Å². The van der Waals surface area contributed by atoms with Gasteiger partial charge in [0, 0.05) is 16.7 Å². The van der Waals surface area contributed by atoms with Gasteiger partial charge in [0.25, 0.3) is 14.7 Å². The first kappa shape index (κ1) is 16.0. The summed E-state index contributed by atoms with van der Waals surface area (Å²) in [5, 5.41) is 10.7. The van der Waals surface area contributed by atoms with Crippen LogP contribution in [-0.4, -0.2) is 19.9 Å². The Labute approximate surface area is 125 Å². The third-order valence-electron chi connectivity index (χ3n) is 3.41. The van der Waals surface area contributed by atoms with Gasteiger partial charge >= 0.3 is 0 Å². The minimum absolute atomic E-state index is 0.161. The molecule has 0 heterocycles. The Balaban J connectivity index is 2.35. The van der Waals surface area contributed by atoms with Gasteiger partial charge in [-0.15, -0.1) is 0 Å². The number of non-ortho nitro benzene ring substituents is 1. The smallest absolute Gasteiger partial charge is 0.273 e. The summed E-state index contributed by atoms with van der Waals surface area (Å²) in [6.45, 7) is 0.161. The summed E-state index contributed by atoms with van der Waals surface area (Å²) in [7, 11) is 0.856. The summed E-state index contributed by atoms with van der Waals surface area (Å²) in [5.41, 5.74) is -0.694. The number of nitro benzene ring substituents is 1. The van der Waals surface area contributed by atoms with Crippen molar-refractivity contribution in [3.8, 4) is 5.75 Å². The number of nitro groups is 1. The number of benzene rings is 1. The Morgan fingerprint density at radius 3 is 2.52 bits per heavy atom.